The predicted molar refractivity (Wildman–Crippen MR) is 72.4 cm³/mol. The molecule has 1 aliphatic carbocycles. The van der Waals surface area contributed by atoms with Gasteiger partial charge in [0, 0.05) is 13.1 Å². The van der Waals surface area contributed by atoms with E-state index in [0.717, 1.165) is 25.7 Å². The lowest BCUT2D eigenvalue weighted by molar-refractivity contribution is -0.126. The normalized spacial score (nSPS) is 16.9. The maximum atomic E-state index is 12.3. The fraction of sp³-hybridized carbons (Fsp3) is 0.500. The van der Waals surface area contributed by atoms with E-state index in [1.54, 1.807) is 24.5 Å². The summed E-state index contributed by atoms with van der Waals surface area (Å²) in [7, 11) is 0. The molecule has 2 rings (SSSR count). The number of aromatic nitrogens is 1. The van der Waals surface area contributed by atoms with Crippen molar-refractivity contribution in [3.8, 4) is 0 Å². The van der Waals surface area contributed by atoms with Crippen LogP contribution in [0.4, 0.5) is 5.69 Å². The summed E-state index contributed by atoms with van der Waals surface area (Å²) in [6.45, 7) is 1.44. The molecule has 5 heteroatoms. The SMILES string of the molecule is CC(=O)N[C@@H](C(=O)Nc1cccnc1)C1CCCC1. The van der Waals surface area contributed by atoms with E-state index in [0.29, 0.717) is 5.69 Å². The van der Waals surface area contributed by atoms with Gasteiger partial charge in [-0.3, -0.25) is 14.6 Å². The Hall–Kier alpha value is -1.91. The van der Waals surface area contributed by atoms with Gasteiger partial charge in [0.2, 0.25) is 11.8 Å². The van der Waals surface area contributed by atoms with Gasteiger partial charge in [-0.25, -0.2) is 0 Å². The highest BCUT2D eigenvalue weighted by molar-refractivity contribution is 5.97. The van der Waals surface area contributed by atoms with E-state index in [4.69, 9.17) is 0 Å². The molecule has 5 nitrogen and oxygen atoms in total. The zero-order valence-electron chi connectivity index (χ0n) is 11.1. The van der Waals surface area contributed by atoms with Crippen molar-refractivity contribution in [1.82, 2.24) is 10.3 Å². The number of hydrogen-bond donors (Lipinski definition) is 2. The molecule has 1 aromatic rings. The summed E-state index contributed by atoms with van der Waals surface area (Å²) in [5.74, 6) is -0.0890. The zero-order valence-corrected chi connectivity index (χ0v) is 11.1. The Morgan fingerprint density at radius 2 is 2.11 bits per heavy atom. The van der Waals surface area contributed by atoms with E-state index in [9.17, 15) is 9.59 Å². The standard InChI is InChI=1S/C14H19N3O2/c1-10(18)16-13(11-5-2-3-6-11)14(19)17-12-7-4-8-15-9-12/h4,7-9,11,13H,2-3,5-6H2,1H3,(H,16,18)(H,17,19)/t13-/m1/s1. The summed E-state index contributed by atoms with van der Waals surface area (Å²) < 4.78 is 0. The first-order valence-corrected chi connectivity index (χ1v) is 6.65. The van der Waals surface area contributed by atoms with Crippen molar-refractivity contribution in [3.05, 3.63) is 24.5 Å². The number of nitrogens with zero attached hydrogens (tertiary/aromatic N) is 1. The van der Waals surface area contributed by atoms with Gasteiger partial charge in [0.15, 0.2) is 0 Å². The van der Waals surface area contributed by atoms with Crippen molar-refractivity contribution in [2.45, 2.75) is 38.6 Å². The molecule has 0 spiro atoms. The second kappa shape index (κ2) is 6.31. The largest absolute Gasteiger partial charge is 0.344 e. The molecule has 1 fully saturated rings. The number of amides is 2. The highest BCUT2D eigenvalue weighted by Gasteiger charge is 2.31. The maximum absolute atomic E-state index is 12.3. The summed E-state index contributed by atoms with van der Waals surface area (Å²) in [4.78, 5) is 27.5. The molecule has 0 radical (unpaired) electrons. The Morgan fingerprint density at radius 1 is 1.37 bits per heavy atom. The van der Waals surface area contributed by atoms with Crippen LogP contribution in [-0.4, -0.2) is 22.8 Å². The number of anilines is 1. The Bertz CT molecular complexity index is 441. The zero-order chi connectivity index (χ0) is 13.7. The van der Waals surface area contributed by atoms with Crippen LogP contribution >= 0.6 is 0 Å². The van der Waals surface area contributed by atoms with Crippen LogP contribution < -0.4 is 10.6 Å². The van der Waals surface area contributed by atoms with Crippen molar-refractivity contribution in [3.63, 3.8) is 0 Å². The molecule has 1 aliphatic rings. The number of rotatable bonds is 4. The Balaban J connectivity index is 2.04. The second-order valence-electron chi connectivity index (χ2n) is 4.95. The van der Waals surface area contributed by atoms with E-state index < -0.39 is 6.04 Å². The summed E-state index contributed by atoms with van der Waals surface area (Å²) >= 11 is 0. The summed E-state index contributed by atoms with van der Waals surface area (Å²) in [6.07, 6.45) is 7.48. The molecule has 2 amide bonds. The van der Waals surface area contributed by atoms with Crippen molar-refractivity contribution in [2.75, 3.05) is 5.32 Å². The van der Waals surface area contributed by atoms with Gasteiger partial charge in [0.25, 0.3) is 0 Å². The number of hydrogen-bond acceptors (Lipinski definition) is 3. The molecule has 0 aliphatic heterocycles. The predicted octanol–water partition coefficient (Wildman–Crippen LogP) is 1.71. The molecule has 1 atom stereocenters. The van der Waals surface area contributed by atoms with E-state index >= 15 is 0 Å². The third-order valence-corrected chi connectivity index (χ3v) is 3.44. The quantitative estimate of drug-likeness (QED) is 0.866. The number of carbonyl (C=O) groups excluding carboxylic acids is 2. The van der Waals surface area contributed by atoms with Crippen LogP contribution in [-0.2, 0) is 9.59 Å². The Labute approximate surface area is 112 Å². The molecular formula is C14H19N3O2. The molecule has 0 saturated heterocycles. The molecule has 0 unspecified atom stereocenters. The van der Waals surface area contributed by atoms with E-state index in [-0.39, 0.29) is 17.7 Å². The number of nitrogens with one attached hydrogen (secondary N) is 2. The van der Waals surface area contributed by atoms with Gasteiger partial charge in [0.05, 0.1) is 11.9 Å². The van der Waals surface area contributed by atoms with Crippen LogP contribution in [0, 0.1) is 5.92 Å². The van der Waals surface area contributed by atoms with Crippen LogP contribution in [0.3, 0.4) is 0 Å². The highest BCUT2D eigenvalue weighted by atomic mass is 16.2. The number of carbonyl (C=O) groups is 2. The van der Waals surface area contributed by atoms with Gasteiger partial charge < -0.3 is 10.6 Å². The van der Waals surface area contributed by atoms with Crippen molar-refractivity contribution < 1.29 is 9.59 Å². The van der Waals surface area contributed by atoms with Crippen LogP contribution in [0.2, 0.25) is 0 Å². The molecule has 2 N–H and O–H groups in total. The summed E-state index contributed by atoms with van der Waals surface area (Å²) in [6, 6.07) is 3.10. The lowest BCUT2D eigenvalue weighted by Crippen LogP contribution is -2.47. The first-order chi connectivity index (χ1) is 9.16. The molecule has 19 heavy (non-hydrogen) atoms. The van der Waals surface area contributed by atoms with E-state index in [2.05, 4.69) is 15.6 Å². The summed E-state index contributed by atoms with van der Waals surface area (Å²) in [5.41, 5.74) is 0.654. The molecule has 0 aromatic carbocycles. The van der Waals surface area contributed by atoms with Gasteiger partial charge >= 0.3 is 0 Å². The van der Waals surface area contributed by atoms with Crippen LogP contribution in [0.15, 0.2) is 24.5 Å². The topological polar surface area (TPSA) is 71.1 Å². The highest BCUT2D eigenvalue weighted by Crippen LogP contribution is 2.28. The molecule has 1 heterocycles. The van der Waals surface area contributed by atoms with Gasteiger partial charge in [-0.15, -0.1) is 0 Å². The lowest BCUT2D eigenvalue weighted by atomic mass is 9.97. The molecule has 102 valence electrons. The molecule has 0 bridgehead atoms. The van der Waals surface area contributed by atoms with Crippen molar-refractivity contribution in [1.29, 1.82) is 0 Å². The number of pyridine rings is 1. The average molecular weight is 261 g/mol. The van der Waals surface area contributed by atoms with Crippen molar-refractivity contribution >= 4 is 17.5 Å². The van der Waals surface area contributed by atoms with Crippen LogP contribution in [0.1, 0.15) is 32.6 Å². The minimum atomic E-state index is -0.444. The summed E-state index contributed by atoms with van der Waals surface area (Å²) in [5, 5.41) is 5.58. The van der Waals surface area contributed by atoms with Gasteiger partial charge in [-0.05, 0) is 30.9 Å². The fourth-order valence-corrected chi connectivity index (χ4v) is 2.56. The second-order valence-corrected chi connectivity index (χ2v) is 4.95. The molecule has 1 aromatic heterocycles. The smallest absolute Gasteiger partial charge is 0.247 e. The average Bonchev–Trinajstić information content (AvgIpc) is 2.90. The minimum Gasteiger partial charge on any atom is -0.344 e. The first kappa shape index (κ1) is 13.5. The lowest BCUT2D eigenvalue weighted by Gasteiger charge is -2.23. The maximum Gasteiger partial charge on any atom is 0.247 e. The van der Waals surface area contributed by atoms with Crippen LogP contribution in [0.25, 0.3) is 0 Å². The van der Waals surface area contributed by atoms with Gasteiger partial charge in [-0.1, -0.05) is 12.8 Å². The third-order valence-electron chi connectivity index (χ3n) is 3.44. The van der Waals surface area contributed by atoms with Crippen molar-refractivity contribution in [2.24, 2.45) is 5.92 Å². The minimum absolute atomic E-state index is 0.157. The van der Waals surface area contributed by atoms with Gasteiger partial charge in [0.1, 0.15) is 6.04 Å². The fourth-order valence-electron chi connectivity index (χ4n) is 2.56. The monoisotopic (exact) mass is 261 g/mol. The van der Waals surface area contributed by atoms with Gasteiger partial charge in [-0.2, -0.15) is 0 Å². The first-order valence-electron chi connectivity index (χ1n) is 6.65. The van der Waals surface area contributed by atoms with Crippen LogP contribution in [0.5, 0.6) is 0 Å². The third kappa shape index (κ3) is 3.77. The van der Waals surface area contributed by atoms with E-state index in [1.165, 1.54) is 6.92 Å². The molecular weight excluding hydrogens is 242 g/mol. The molecule has 1 saturated carbocycles. The van der Waals surface area contributed by atoms with E-state index in [1.807, 2.05) is 0 Å². The Morgan fingerprint density at radius 3 is 2.68 bits per heavy atom. The Kier molecular flexibility index (Phi) is 4.49.